The van der Waals surface area contributed by atoms with Crippen LogP contribution in [0.5, 0.6) is 0 Å². The molecule has 0 aliphatic heterocycles. The van der Waals surface area contributed by atoms with Crippen LogP contribution < -0.4 is 5.14 Å². The van der Waals surface area contributed by atoms with Crippen molar-refractivity contribution in [1.82, 2.24) is 9.78 Å². The largest absolute Gasteiger partial charge is 0.333 e. The van der Waals surface area contributed by atoms with Crippen LogP contribution in [0, 0.1) is 0 Å². The SMILES string of the molecule is CCn1ccc(COS(N)(=O)=O)n1. The molecule has 7 heteroatoms. The van der Waals surface area contributed by atoms with E-state index in [1.807, 2.05) is 6.92 Å². The lowest BCUT2D eigenvalue weighted by molar-refractivity contribution is 0.302. The van der Waals surface area contributed by atoms with E-state index in [9.17, 15) is 8.42 Å². The number of aromatic nitrogens is 2. The maximum atomic E-state index is 10.4. The Labute approximate surface area is 76.6 Å². The number of rotatable bonds is 4. The zero-order valence-electron chi connectivity index (χ0n) is 7.17. The molecule has 1 heterocycles. The molecule has 13 heavy (non-hydrogen) atoms. The number of aryl methyl sites for hydroxylation is 1. The summed E-state index contributed by atoms with van der Waals surface area (Å²) < 4.78 is 26.8. The highest BCUT2D eigenvalue weighted by atomic mass is 32.2. The molecule has 0 atom stereocenters. The van der Waals surface area contributed by atoms with Crippen molar-refractivity contribution in [2.75, 3.05) is 0 Å². The maximum Gasteiger partial charge on any atom is 0.333 e. The van der Waals surface area contributed by atoms with Gasteiger partial charge in [0.05, 0.1) is 5.69 Å². The molecule has 0 unspecified atom stereocenters. The summed E-state index contributed by atoms with van der Waals surface area (Å²) in [6.07, 6.45) is 1.74. The molecule has 0 amide bonds. The van der Waals surface area contributed by atoms with Gasteiger partial charge in [0.1, 0.15) is 6.61 Å². The van der Waals surface area contributed by atoms with E-state index in [0.717, 1.165) is 6.54 Å². The molecule has 2 N–H and O–H groups in total. The fourth-order valence-electron chi connectivity index (χ4n) is 0.799. The number of nitrogens with zero attached hydrogens (tertiary/aromatic N) is 2. The smallest absolute Gasteiger partial charge is 0.273 e. The normalized spacial score (nSPS) is 11.8. The Morgan fingerprint density at radius 3 is 2.85 bits per heavy atom. The minimum atomic E-state index is -3.87. The van der Waals surface area contributed by atoms with E-state index in [-0.39, 0.29) is 6.61 Å². The first-order valence-electron chi connectivity index (χ1n) is 3.71. The molecule has 0 saturated heterocycles. The van der Waals surface area contributed by atoms with Gasteiger partial charge in [-0.05, 0) is 13.0 Å². The van der Waals surface area contributed by atoms with Gasteiger partial charge in [-0.2, -0.15) is 13.5 Å². The fraction of sp³-hybridized carbons (Fsp3) is 0.500. The van der Waals surface area contributed by atoms with Crippen molar-refractivity contribution in [3.8, 4) is 0 Å². The van der Waals surface area contributed by atoms with E-state index in [2.05, 4.69) is 14.4 Å². The van der Waals surface area contributed by atoms with Gasteiger partial charge in [0.25, 0.3) is 0 Å². The third kappa shape index (κ3) is 3.53. The molecule has 0 spiro atoms. The molecule has 0 saturated carbocycles. The monoisotopic (exact) mass is 205 g/mol. The number of hydrogen-bond donors (Lipinski definition) is 1. The van der Waals surface area contributed by atoms with E-state index in [4.69, 9.17) is 0 Å². The summed E-state index contributed by atoms with van der Waals surface area (Å²) in [7, 11) is -3.87. The van der Waals surface area contributed by atoms with Crippen LogP contribution in [0.15, 0.2) is 12.3 Å². The van der Waals surface area contributed by atoms with E-state index in [1.54, 1.807) is 16.9 Å². The first-order chi connectivity index (χ1) is 6.01. The van der Waals surface area contributed by atoms with Crippen molar-refractivity contribution in [2.24, 2.45) is 5.14 Å². The predicted molar refractivity (Wildman–Crippen MR) is 45.8 cm³/mol. The zero-order valence-corrected chi connectivity index (χ0v) is 7.99. The van der Waals surface area contributed by atoms with Crippen molar-refractivity contribution in [3.05, 3.63) is 18.0 Å². The average Bonchev–Trinajstić information content (AvgIpc) is 2.47. The Kier molecular flexibility index (Phi) is 3.02. The second-order valence-electron chi connectivity index (χ2n) is 2.42. The Morgan fingerprint density at radius 2 is 2.38 bits per heavy atom. The van der Waals surface area contributed by atoms with Gasteiger partial charge < -0.3 is 0 Å². The second-order valence-corrected chi connectivity index (χ2v) is 3.64. The third-order valence-electron chi connectivity index (χ3n) is 1.39. The van der Waals surface area contributed by atoms with Crippen LogP contribution in [0.1, 0.15) is 12.6 Å². The van der Waals surface area contributed by atoms with Crippen LogP contribution in [0.2, 0.25) is 0 Å². The highest BCUT2D eigenvalue weighted by Crippen LogP contribution is 1.99. The van der Waals surface area contributed by atoms with E-state index in [0.29, 0.717) is 5.69 Å². The van der Waals surface area contributed by atoms with Crippen molar-refractivity contribution >= 4 is 10.3 Å². The fourth-order valence-corrected chi connectivity index (χ4v) is 1.08. The highest BCUT2D eigenvalue weighted by molar-refractivity contribution is 7.84. The van der Waals surface area contributed by atoms with Crippen LogP contribution in [-0.2, 0) is 27.6 Å². The van der Waals surface area contributed by atoms with Crippen LogP contribution in [0.3, 0.4) is 0 Å². The summed E-state index contributed by atoms with van der Waals surface area (Å²) in [5.41, 5.74) is 0.538. The molecule has 74 valence electrons. The van der Waals surface area contributed by atoms with Crippen LogP contribution in [-0.4, -0.2) is 18.2 Å². The molecule has 0 aromatic carbocycles. The minimum Gasteiger partial charge on any atom is -0.273 e. The summed E-state index contributed by atoms with van der Waals surface area (Å²) in [5.74, 6) is 0. The highest BCUT2D eigenvalue weighted by Gasteiger charge is 2.04. The van der Waals surface area contributed by atoms with Crippen molar-refractivity contribution in [3.63, 3.8) is 0 Å². The topological polar surface area (TPSA) is 87.2 Å². The first kappa shape index (κ1) is 10.2. The summed E-state index contributed by atoms with van der Waals surface area (Å²) in [6, 6.07) is 1.68. The van der Waals surface area contributed by atoms with Gasteiger partial charge in [0, 0.05) is 12.7 Å². The first-order valence-corrected chi connectivity index (χ1v) is 5.18. The molecule has 0 bridgehead atoms. The molecule has 0 radical (unpaired) electrons. The molecular formula is C6H11N3O3S. The molecule has 6 nitrogen and oxygen atoms in total. The maximum absolute atomic E-state index is 10.4. The van der Waals surface area contributed by atoms with Crippen molar-refractivity contribution in [2.45, 2.75) is 20.1 Å². The summed E-state index contributed by atoms with van der Waals surface area (Å²) >= 11 is 0. The van der Waals surface area contributed by atoms with Gasteiger partial charge in [-0.3, -0.25) is 8.86 Å². The zero-order chi connectivity index (χ0) is 9.90. The van der Waals surface area contributed by atoms with E-state index >= 15 is 0 Å². The molecule has 1 rings (SSSR count). The minimum absolute atomic E-state index is 0.119. The van der Waals surface area contributed by atoms with E-state index in [1.165, 1.54) is 0 Å². The second kappa shape index (κ2) is 3.86. The number of nitrogens with two attached hydrogens (primary N) is 1. The molecular weight excluding hydrogens is 194 g/mol. The lowest BCUT2D eigenvalue weighted by Crippen LogP contribution is -2.15. The lowest BCUT2D eigenvalue weighted by atomic mass is 10.5. The molecule has 1 aromatic heterocycles. The Balaban J connectivity index is 2.55. The molecule has 0 fully saturated rings. The third-order valence-corrected chi connectivity index (χ3v) is 1.84. The molecule has 0 aliphatic rings. The van der Waals surface area contributed by atoms with Crippen molar-refractivity contribution in [1.29, 1.82) is 0 Å². The van der Waals surface area contributed by atoms with Gasteiger partial charge in [-0.25, -0.2) is 5.14 Å². The van der Waals surface area contributed by atoms with Crippen LogP contribution in [0.25, 0.3) is 0 Å². The summed E-state index contributed by atoms with van der Waals surface area (Å²) in [5, 5.41) is 8.64. The Morgan fingerprint density at radius 1 is 1.69 bits per heavy atom. The van der Waals surface area contributed by atoms with Crippen LogP contribution in [0.4, 0.5) is 0 Å². The van der Waals surface area contributed by atoms with Gasteiger partial charge in [-0.1, -0.05) is 0 Å². The Hall–Kier alpha value is -0.920. The van der Waals surface area contributed by atoms with Crippen LogP contribution >= 0.6 is 0 Å². The standard InChI is InChI=1S/C6H11N3O3S/c1-2-9-4-3-6(8-9)5-12-13(7,10)11/h3-4H,2,5H2,1H3,(H2,7,10,11). The summed E-state index contributed by atoms with van der Waals surface area (Å²) in [6.45, 7) is 2.54. The summed E-state index contributed by atoms with van der Waals surface area (Å²) in [4.78, 5) is 0. The molecule has 1 aromatic rings. The Bertz CT molecular complexity index is 370. The quantitative estimate of drug-likeness (QED) is 0.726. The van der Waals surface area contributed by atoms with Crippen molar-refractivity contribution < 1.29 is 12.6 Å². The van der Waals surface area contributed by atoms with Gasteiger partial charge in [-0.15, -0.1) is 0 Å². The number of hydrogen-bond acceptors (Lipinski definition) is 4. The van der Waals surface area contributed by atoms with Gasteiger partial charge in [0.15, 0.2) is 0 Å². The average molecular weight is 205 g/mol. The molecule has 0 aliphatic carbocycles. The lowest BCUT2D eigenvalue weighted by Gasteiger charge is -1.96. The van der Waals surface area contributed by atoms with Gasteiger partial charge in [0.2, 0.25) is 0 Å². The predicted octanol–water partition coefficient (Wildman–Crippen LogP) is -0.377. The van der Waals surface area contributed by atoms with E-state index < -0.39 is 10.3 Å². The van der Waals surface area contributed by atoms with Gasteiger partial charge >= 0.3 is 10.3 Å².